The lowest BCUT2D eigenvalue weighted by Gasteiger charge is -2.26. The zero-order valence-electron chi connectivity index (χ0n) is 15.8. The minimum atomic E-state index is -3.87. The highest BCUT2D eigenvalue weighted by Gasteiger charge is 2.34. The van der Waals surface area contributed by atoms with E-state index in [9.17, 15) is 26.4 Å². The van der Waals surface area contributed by atoms with E-state index >= 15 is 0 Å². The fourth-order valence-corrected chi connectivity index (χ4v) is 5.59. The van der Waals surface area contributed by atoms with Gasteiger partial charge in [-0.15, -0.1) is 0 Å². The number of likely N-dealkylation sites (N-methyl/N-ethyl adjacent to an activating group) is 1. The van der Waals surface area contributed by atoms with Gasteiger partial charge in [-0.25, -0.2) is 16.8 Å². The molecule has 0 bridgehead atoms. The zero-order chi connectivity index (χ0) is 20.9. The Bertz CT molecular complexity index is 925. The summed E-state index contributed by atoms with van der Waals surface area (Å²) in [5.74, 6) is -1.49. The number of carbonyl (C=O) groups excluding carboxylic acids is 2. The number of ether oxygens (including phenoxy) is 1. The molecule has 156 valence electrons. The lowest BCUT2D eigenvalue weighted by molar-refractivity contribution is -0.151. The molecule has 0 radical (unpaired) electrons. The molecule has 11 heteroatoms. The van der Waals surface area contributed by atoms with Gasteiger partial charge in [0.1, 0.15) is 6.54 Å². The lowest BCUT2D eigenvalue weighted by Crippen LogP contribution is -2.43. The van der Waals surface area contributed by atoms with Crippen molar-refractivity contribution < 1.29 is 31.2 Å². The topological polar surface area (TPSA) is 127 Å². The zero-order valence-corrected chi connectivity index (χ0v) is 17.4. The Morgan fingerprint density at radius 1 is 1.25 bits per heavy atom. The lowest BCUT2D eigenvalue weighted by atomic mass is 10.2. The van der Waals surface area contributed by atoms with Crippen molar-refractivity contribution in [1.82, 2.24) is 9.62 Å². The van der Waals surface area contributed by atoms with Gasteiger partial charge in [0, 0.05) is 12.6 Å². The number of hydrogen-bond donors (Lipinski definition) is 1. The summed E-state index contributed by atoms with van der Waals surface area (Å²) in [5.41, 5.74) is 0.896. The fraction of sp³-hybridized carbons (Fsp3) is 0.529. The Morgan fingerprint density at radius 2 is 1.89 bits per heavy atom. The Labute approximate surface area is 165 Å². The molecule has 0 saturated carbocycles. The number of nitrogens with one attached hydrogen (secondary N) is 1. The van der Waals surface area contributed by atoms with Crippen molar-refractivity contribution in [2.24, 2.45) is 0 Å². The number of esters is 1. The van der Waals surface area contributed by atoms with Crippen LogP contribution in [0.5, 0.6) is 0 Å². The molecule has 0 aromatic heterocycles. The van der Waals surface area contributed by atoms with E-state index in [1.165, 1.54) is 17.0 Å². The van der Waals surface area contributed by atoms with Crippen molar-refractivity contribution in [2.75, 3.05) is 31.2 Å². The number of amides is 1. The quantitative estimate of drug-likeness (QED) is 0.566. The summed E-state index contributed by atoms with van der Waals surface area (Å²) in [6, 6.07) is 5.67. The number of sulfone groups is 1. The van der Waals surface area contributed by atoms with Gasteiger partial charge < -0.3 is 9.64 Å². The van der Waals surface area contributed by atoms with E-state index in [1.807, 2.05) is 6.92 Å². The molecular weight excluding hydrogens is 408 g/mol. The van der Waals surface area contributed by atoms with Crippen molar-refractivity contribution in [3.05, 3.63) is 29.8 Å². The van der Waals surface area contributed by atoms with Crippen molar-refractivity contribution in [3.63, 3.8) is 0 Å². The fourth-order valence-electron chi connectivity index (χ4n) is 2.89. The normalized spacial score (nSPS) is 18.6. The highest BCUT2D eigenvalue weighted by Crippen LogP contribution is 2.17. The van der Waals surface area contributed by atoms with Gasteiger partial charge in [-0.2, -0.15) is 4.72 Å². The van der Waals surface area contributed by atoms with E-state index < -0.39 is 50.9 Å². The number of benzene rings is 1. The van der Waals surface area contributed by atoms with E-state index in [2.05, 4.69) is 4.72 Å². The standard InChI is InChI=1S/C17H24N2O7S2/c1-3-19(14-8-9-27(22,23)12-14)16(20)11-26-17(21)10-18-28(24,25)15-6-4-13(2)5-7-15/h4-7,14,18H,3,8-12H2,1-2H3. The van der Waals surface area contributed by atoms with E-state index in [4.69, 9.17) is 4.74 Å². The first-order valence-electron chi connectivity index (χ1n) is 8.76. The maximum atomic E-state index is 12.2. The van der Waals surface area contributed by atoms with Gasteiger partial charge in [-0.3, -0.25) is 9.59 Å². The first kappa shape index (κ1) is 22.3. The smallest absolute Gasteiger partial charge is 0.321 e. The van der Waals surface area contributed by atoms with Crippen LogP contribution in [0, 0.1) is 6.92 Å². The van der Waals surface area contributed by atoms with Crippen molar-refractivity contribution >= 4 is 31.7 Å². The second-order valence-corrected chi connectivity index (χ2v) is 10.5. The Hall–Kier alpha value is -1.98. The SMILES string of the molecule is CCN(C(=O)COC(=O)CNS(=O)(=O)c1ccc(C)cc1)C1CCS(=O)(=O)C1. The second-order valence-electron chi connectivity index (χ2n) is 6.53. The summed E-state index contributed by atoms with van der Waals surface area (Å²) < 4.78 is 54.4. The number of nitrogens with zero attached hydrogens (tertiary/aromatic N) is 1. The summed E-state index contributed by atoms with van der Waals surface area (Å²) in [6.45, 7) is 2.62. The molecule has 0 spiro atoms. The summed E-state index contributed by atoms with van der Waals surface area (Å²) in [5, 5.41) is 0. The van der Waals surface area contributed by atoms with Gasteiger partial charge in [-0.1, -0.05) is 17.7 Å². The number of carbonyl (C=O) groups is 2. The molecule has 1 N–H and O–H groups in total. The molecule has 1 aliphatic heterocycles. The molecule has 9 nitrogen and oxygen atoms in total. The Kier molecular flexibility index (Phi) is 7.18. The molecule has 2 rings (SSSR count). The summed E-state index contributed by atoms with van der Waals surface area (Å²) >= 11 is 0. The van der Waals surface area contributed by atoms with Gasteiger partial charge in [0.2, 0.25) is 10.0 Å². The van der Waals surface area contributed by atoms with Crippen molar-refractivity contribution in [3.8, 4) is 0 Å². The van der Waals surface area contributed by atoms with Gasteiger partial charge in [-0.05, 0) is 32.4 Å². The van der Waals surface area contributed by atoms with Crippen LogP contribution in [-0.4, -0.2) is 70.9 Å². The average molecular weight is 433 g/mol. The van der Waals surface area contributed by atoms with E-state index in [1.54, 1.807) is 19.1 Å². The highest BCUT2D eigenvalue weighted by atomic mass is 32.2. The predicted molar refractivity (Wildman–Crippen MR) is 102 cm³/mol. The molecule has 0 aliphatic carbocycles. The molecule has 28 heavy (non-hydrogen) atoms. The van der Waals surface area contributed by atoms with Crippen LogP contribution in [0.3, 0.4) is 0 Å². The number of rotatable bonds is 8. The minimum Gasteiger partial charge on any atom is -0.455 e. The van der Waals surface area contributed by atoms with Gasteiger partial charge >= 0.3 is 5.97 Å². The first-order chi connectivity index (χ1) is 13.0. The van der Waals surface area contributed by atoms with Crippen molar-refractivity contribution in [2.45, 2.75) is 31.2 Å². The third kappa shape index (κ3) is 6.01. The molecule has 1 amide bonds. The van der Waals surface area contributed by atoms with Crippen LogP contribution in [0.2, 0.25) is 0 Å². The molecule has 1 heterocycles. The van der Waals surface area contributed by atoms with Gasteiger partial charge in [0.05, 0.1) is 16.4 Å². The molecule has 1 atom stereocenters. The number of hydrogen-bond acceptors (Lipinski definition) is 7. The molecule has 1 fully saturated rings. The van der Waals surface area contributed by atoms with E-state index in [0.29, 0.717) is 6.42 Å². The second kappa shape index (κ2) is 9.01. The maximum Gasteiger partial charge on any atom is 0.321 e. The average Bonchev–Trinajstić information content (AvgIpc) is 2.99. The van der Waals surface area contributed by atoms with Crippen LogP contribution in [0.25, 0.3) is 0 Å². The third-order valence-electron chi connectivity index (χ3n) is 4.40. The van der Waals surface area contributed by atoms with Gasteiger partial charge in [0.25, 0.3) is 5.91 Å². The minimum absolute atomic E-state index is 0.0153. The predicted octanol–water partition coefficient (Wildman–Crippen LogP) is -0.148. The van der Waals surface area contributed by atoms with E-state index in [-0.39, 0.29) is 22.9 Å². The van der Waals surface area contributed by atoms with Crippen LogP contribution in [0.1, 0.15) is 18.9 Å². The molecule has 1 aliphatic rings. The molecule has 1 aromatic rings. The summed E-state index contributed by atoms with van der Waals surface area (Å²) in [7, 11) is -7.02. The van der Waals surface area contributed by atoms with Crippen LogP contribution in [-0.2, 0) is 34.2 Å². The third-order valence-corrected chi connectivity index (χ3v) is 7.57. The van der Waals surface area contributed by atoms with E-state index in [0.717, 1.165) is 5.56 Å². The summed E-state index contributed by atoms with van der Waals surface area (Å²) in [6.07, 6.45) is 0.353. The largest absolute Gasteiger partial charge is 0.455 e. The molecule has 1 aromatic carbocycles. The number of sulfonamides is 1. The van der Waals surface area contributed by atoms with Crippen LogP contribution < -0.4 is 4.72 Å². The van der Waals surface area contributed by atoms with Crippen LogP contribution >= 0.6 is 0 Å². The van der Waals surface area contributed by atoms with Crippen LogP contribution in [0.4, 0.5) is 0 Å². The maximum absolute atomic E-state index is 12.2. The first-order valence-corrected chi connectivity index (χ1v) is 12.1. The highest BCUT2D eigenvalue weighted by molar-refractivity contribution is 7.91. The van der Waals surface area contributed by atoms with Crippen LogP contribution in [0.15, 0.2) is 29.2 Å². The Balaban J connectivity index is 1.84. The molecule has 1 saturated heterocycles. The monoisotopic (exact) mass is 432 g/mol. The summed E-state index contributed by atoms with van der Waals surface area (Å²) in [4.78, 5) is 25.4. The molecule has 1 unspecified atom stereocenters. The van der Waals surface area contributed by atoms with Crippen molar-refractivity contribution in [1.29, 1.82) is 0 Å². The Morgan fingerprint density at radius 3 is 2.43 bits per heavy atom. The number of aryl methyl sites for hydroxylation is 1. The van der Waals surface area contributed by atoms with Gasteiger partial charge in [0.15, 0.2) is 16.4 Å². The molecular formula is C17H24N2O7S2.